The zero-order chi connectivity index (χ0) is 26.1. The third-order valence-electron chi connectivity index (χ3n) is 5.54. The van der Waals surface area contributed by atoms with Crippen molar-refractivity contribution >= 4 is 18.0 Å². The average Bonchev–Trinajstić information content (AvgIpc) is 3.07. The second kappa shape index (κ2) is 9.81. The predicted octanol–water partition coefficient (Wildman–Crippen LogP) is 0.327. The maximum absolute atomic E-state index is 11.5. The normalized spacial score (nSPS) is 24.8. The van der Waals surface area contributed by atoms with Crippen molar-refractivity contribution in [2.45, 2.75) is 37.1 Å². The monoisotopic (exact) mass is 507 g/mol. The Bertz CT molecular complexity index is 1210. The molecule has 0 amide bonds. The van der Waals surface area contributed by atoms with E-state index in [1.54, 1.807) is 0 Å². The van der Waals surface area contributed by atoms with Crippen molar-refractivity contribution in [1.29, 1.82) is 0 Å². The first-order valence-corrected chi connectivity index (χ1v) is 10.6. The van der Waals surface area contributed by atoms with E-state index in [0.717, 1.165) is 6.07 Å². The van der Waals surface area contributed by atoms with E-state index in [9.17, 15) is 40.2 Å². The van der Waals surface area contributed by atoms with Crippen LogP contribution in [0, 0.1) is 0 Å². The van der Waals surface area contributed by atoms with Crippen LogP contribution in [0.1, 0.15) is 23.7 Å². The van der Waals surface area contributed by atoms with E-state index in [-0.39, 0.29) is 34.3 Å². The van der Waals surface area contributed by atoms with Crippen LogP contribution in [0.3, 0.4) is 0 Å². The van der Waals surface area contributed by atoms with E-state index < -0.39 is 61.4 Å². The number of phenols is 4. The van der Waals surface area contributed by atoms with E-state index >= 15 is 0 Å². The summed E-state index contributed by atoms with van der Waals surface area (Å²) in [4.78, 5) is 22.1. The minimum atomic E-state index is -1.61. The molecule has 36 heavy (non-hydrogen) atoms. The summed E-state index contributed by atoms with van der Waals surface area (Å²) in [7, 11) is 0. The van der Waals surface area contributed by atoms with Crippen molar-refractivity contribution < 1.29 is 64.3 Å². The number of carbonyl (C=O) groups excluding carboxylic acids is 1. The predicted molar refractivity (Wildman–Crippen MR) is 117 cm³/mol. The largest absolute Gasteiger partial charge is 0.571 e. The standard InChI is InChI=1S/C23H22O13/c24-10-4-13(26)11-6-16(22(34-15(11)5-10)9-1-2-12(25)14(27)3-9)35-23-21(32)20(31)17(36-23)8-33-19(30)7-18(28)29/h1-6,17,20-27,31-32H,7-8H2,(H,28,29)/p+1/t17-,20-,21+,22?,23+/m1/s1. The van der Waals surface area contributed by atoms with Gasteiger partial charge < -0.3 is 54.7 Å². The SMILES string of the molecule is O=C(O)CC(=O)OC[C@H]1O[C@H](OC2=Cc3c(O)cc(O)cc3[OH+]C2c2ccc(O)c(O)c2)[C@@H](O)[C@@H]1O. The lowest BCUT2D eigenvalue weighted by molar-refractivity contribution is -0.173. The number of aromatic hydroxyl groups is 5. The molecular formula is C23H23O13+. The topological polar surface area (TPSA) is 216 Å². The quantitative estimate of drug-likeness (QED) is 0.117. The summed E-state index contributed by atoms with van der Waals surface area (Å²) in [6.07, 6.45) is -6.41. The van der Waals surface area contributed by atoms with Gasteiger partial charge in [0.1, 0.15) is 48.4 Å². The summed E-state index contributed by atoms with van der Waals surface area (Å²) in [6.45, 7) is -0.550. The molecule has 0 spiro atoms. The van der Waals surface area contributed by atoms with Crippen LogP contribution in [0.4, 0.5) is 0 Å². The van der Waals surface area contributed by atoms with Crippen LogP contribution in [-0.2, 0) is 23.8 Å². The van der Waals surface area contributed by atoms with Gasteiger partial charge in [-0.3, -0.25) is 9.59 Å². The fourth-order valence-corrected chi connectivity index (χ4v) is 3.77. The van der Waals surface area contributed by atoms with Crippen LogP contribution < -0.4 is 0 Å². The molecule has 1 saturated heterocycles. The molecule has 0 aliphatic carbocycles. The van der Waals surface area contributed by atoms with Gasteiger partial charge in [-0.15, -0.1) is 0 Å². The Morgan fingerprint density at radius 1 is 0.972 bits per heavy atom. The molecule has 8 N–H and O–H groups in total. The molecule has 2 aromatic rings. The number of fused-ring (bicyclic) bond motifs is 1. The maximum atomic E-state index is 11.5. The highest BCUT2D eigenvalue weighted by molar-refractivity contribution is 5.90. The minimum Gasteiger partial charge on any atom is -0.571 e. The fraction of sp³-hybridized carbons (Fsp3) is 0.304. The van der Waals surface area contributed by atoms with Crippen molar-refractivity contribution in [2.24, 2.45) is 0 Å². The summed E-state index contributed by atoms with van der Waals surface area (Å²) >= 11 is 0. The molecule has 5 atom stereocenters. The highest BCUT2D eigenvalue weighted by atomic mass is 16.7. The van der Waals surface area contributed by atoms with E-state index in [1.807, 2.05) is 0 Å². The molecule has 1 fully saturated rings. The van der Waals surface area contributed by atoms with Gasteiger partial charge in [-0.05, 0) is 18.2 Å². The number of aliphatic hydroxyl groups excluding tert-OH is 2. The first kappa shape index (κ1) is 24.9. The number of esters is 1. The Labute approximate surface area is 202 Å². The molecule has 4 rings (SSSR count). The zero-order valence-electron chi connectivity index (χ0n) is 18.4. The Morgan fingerprint density at radius 2 is 1.72 bits per heavy atom. The number of carboxylic acids is 1. The maximum Gasteiger partial charge on any atom is 0.317 e. The number of aliphatic carboxylic acids is 1. The van der Waals surface area contributed by atoms with E-state index in [2.05, 4.69) is 4.74 Å². The first-order valence-electron chi connectivity index (χ1n) is 10.6. The van der Waals surface area contributed by atoms with Gasteiger partial charge in [-0.2, -0.15) is 0 Å². The van der Waals surface area contributed by atoms with Crippen molar-refractivity contribution in [3.63, 3.8) is 0 Å². The number of ether oxygens (including phenoxy) is 4. The highest BCUT2D eigenvalue weighted by Crippen LogP contribution is 2.46. The smallest absolute Gasteiger partial charge is 0.317 e. The zero-order valence-corrected chi connectivity index (χ0v) is 18.4. The molecule has 0 saturated carbocycles. The van der Waals surface area contributed by atoms with Gasteiger partial charge in [0.2, 0.25) is 6.29 Å². The summed E-state index contributed by atoms with van der Waals surface area (Å²) in [6, 6.07) is 6.27. The van der Waals surface area contributed by atoms with Crippen LogP contribution >= 0.6 is 0 Å². The number of carboxylic acid groups (broad SMARTS) is 1. The summed E-state index contributed by atoms with van der Waals surface area (Å²) < 4.78 is 20.5. The van der Waals surface area contributed by atoms with Crippen molar-refractivity contribution in [2.75, 3.05) is 6.61 Å². The first-order chi connectivity index (χ1) is 17.0. The van der Waals surface area contributed by atoms with Gasteiger partial charge in [0.05, 0.1) is 11.6 Å². The molecule has 2 aromatic carbocycles. The number of rotatable bonds is 7. The number of carbonyl (C=O) groups is 2. The third kappa shape index (κ3) is 5.07. The Kier molecular flexibility index (Phi) is 6.79. The lowest BCUT2D eigenvalue weighted by Crippen LogP contribution is -2.35. The summed E-state index contributed by atoms with van der Waals surface area (Å²) in [5, 5.41) is 69.1. The van der Waals surface area contributed by atoms with E-state index in [4.69, 9.17) is 19.3 Å². The molecule has 2 heterocycles. The molecule has 0 aromatic heterocycles. The summed E-state index contributed by atoms with van der Waals surface area (Å²) in [5.74, 6) is -3.66. The molecule has 13 heteroatoms. The molecule has 2 aliphatic heterocycles. The lowest BCUT2D eigenvalue weighted by Gasteiger charge is -2.28. The number of aliphatic hydroxyl groups is 3. The average molecular weight is 507 g/mol. The second-order valence-corrected chi connectivity index (χ2v) is 8.12. The van der Waals surface area contributed by atoms with Crippen LogP contribution in [0.15, 0.2) is 36.1 Å². The van der Waals surface area contributed by atoms with Gasteiger partial charge in [-0.1, -0.05) is 0 Å². The van der Waals surface area contributed by atoms with E-state index in [0.29, 0.717) is 5.56 Å². The summed E-state index contributed by atoms with van der Waals surface area (Å²) in [5.41, 5.74) is 0.506. The Hall–Kier alpha value is -4.20. The van der Waals surface area contributed by atoms with Crippen LogP contribution in [-0.4, -0.2) is 83.6 Å². The number of hydrogen-bond acceptors (Lipinski definition) is 11. The Morgan fingerprint density at radius 3 is 2.42 bits per heavy atom. The second-order valence-electron chi connectivity index (χ2n) is 8.12. The molecule has 0 radical (unpaired) electrons. The van der Waals surface area contributed by atoms with Crippen LogP contribution in [0.25, 0.3) is 6.08 Å². The van der Waals surface area contributed by atoms with Gasteiger partial charge in [0.25, 0.3) is 11.9 Å². The van der Waals surface area contributed by atoms with Gasteiger partial charge in [0, 0.05) is 12.1 Å². The number of phenolic OH excluding ortho intramolecular Hbond substituents is 4. The highest BCUT2D eigenvalue weighted by Gasteiger charge is 2.47. The van der Waals surface area contributed by atoms with E-state index in [1.165, 1.54) is 30.3 Å². The van der Waals surface area contributed by atoms with Gasteiger partial charge in [0.15, 0.2) is 17.3 Å². The van der Waals surface area contributed by atoms with Crippen molar-refractivity contribution in [3.8, 4) is 28.7 Å². The lowest BCUT2D eigenvalue weighted by atomic mass is 10.0. The Balaban J connectivity index is 1.59. The van der Waals surface area contributed by atoms with Crippen LogP contribution in [0.5, 0.6) is 28.7 Å². The molecule has 0 bridgehead atoms. The van der Waals surface area contributed by atoms with Crippen LogP contribution in [0.2, 0.25) is 0 Å². The molecule has 2 aliphatic rings. The number of hydrogen-bond donors (Lipinski definition) is 7. The number of benzene rings is 2. The third-order valence-corrected chi connectivity index (χ3v) is 5.54. The van der Waals surface area contributed by atoms with Crippen molar-refractivity contribution in [3.05, 3.63) is 47.2 Å². The molecular weight excluding hydrogens is 484 g/mol. The minimum absolute atomic E-state index is 0.00773. The fourth-order valence-electron chi connectivity index (χ4n) is 3.77. The van der Waals surface area contributed by atoms with Gasteiger partial charge >= 0.3 is 11.9 Å². The molecule has 13 nitrogen and oxygen atoms in total. The molecule has 192 valence electrons. The van der Waals surface area contributed by atoms with Gasteiger partial charge in [-0.25, -0.2) is 0 Å². The molecule has 1 unspecified atom stereocenters. The van der Waals surface area contributed by atoms with Crippen molar-refractivity contribution in [1.82, 2.24) is 0 Å².